The van der Waals surface area contributed by atoms with Crippen LogP contribution in [0.5, 0.6) is 0 Å². The van der Waals surface area contributed by atoms with E-state index in [2.05, 4.69) is 53.8 Å². The number of hydrogen-bond acceptors (Lipinski definition) is 7. The molecule has 3 aromatic rings. The van der Waals surface area contributed by atoms with Gasteiger partial charge >= 0.3 is 0 Å². The summed E-state index contributed by atoms with van der Waals surface area (Å²) in [5.74, 6) is -3.41. The Hall–Kier alpha value is -5.46. The second-order valence-corrected chi connectivity index (χ2v) is 13.7. The lowest BCUT2D eigenvalue weighted by Crippen LogP contribution is -2.58. The number of amides is 5. The van der Waals surface area contributed by atoms with Crippen LogP contribution in [0.15, 0.2) is 76.7 Å². The molecule has 17 heteroatoms. The molecule has 0 aliphatic heterocycles. The van der Waals surface area contributed by atoms with Crippen molar-refractivity contribution in [3.63, 3.8) is 0 Å². The molecule has 0 spiro atoms. The SMILES string of the molecule is CC(=O)N[C@@H](CCCN=C(N)N)C(=O)N[C@@H](CCCN=C(N)N)C(=O)N[C@H](Cc1ccc(I)cc1)C(=O)N[C@@H](Cc1ccc2ccccc2c1)C(N)=O. The zero-order valence-corrected chi connectivity index (χ0v) is 31.7. The van der Waals surface area contributed by atoms with E-state index in [1.54, 1.807) is 0 Å². The van der Waals surface area contributed by atoms with Crippen molar-refractivity contribution >= 4 is 74.8 Å². The van der Waals surface area contributed by atoms with Crippen LogP contribution in [0, 0.1) is 3.57 Å². The minimum Gasteiger partial charge on any atom is -0.370 e. The largest absolute Gasteiger partial charge is 0.370 e. The van der Waals surface area contributed by atoms with Crippen LogP contribution in [0.1, 0.15) is 43.7 Å². The number of rotatable bonds is 20. The molecule has 4 atom stereocenters. The minimum atomic E-state index is -1.18. The molecule has 0 fully saturated rings. The van der Waals surface area contributed by atoms with Gasteiger partial charge in [-0.05, 0) is 82.3 Å². The fourth-order valence-corrected chi connectivity index (χ4v) is 5.86. The van der Waals surface area contributed by atoms with Gasteiger partial charge in [0.05, 0.1) is 0 Å². The number of nitrogens with two attached hydrogens (primary N) is 5. The van der Waals surface area contributed by atoms with E-state index in [9.17, 15) is 24.0 Å². The predicted octanol–water partition coefficient (Wildman–Crippen LogP) is -0.219. The van der Waals surface area contributed by atoms with Crippen LogP contribution in [0.3, 0.4) is 0 Å². The normalized spacial score (nSPS) is 13.0. The highest BCUT2D eigenvalue weighted by molar-refractivity contribution is 14.1. The molecule has 0 saturated carbocycles. The van der Waals surface area contributed by atoms with Crippen molar-refractivity contribution < 1.29 is 24.0 Å². The molecule has 16 nitrogen and oxygen atoms in total. The number of hydrogen-bond donors (Lipinski definition) is 9. The maximum absolute atomic E-state index is 14.0. The lowest BCUT2D eigenvalue weighted by Gasteiger charge is -2.26. The topological polar surface area (TPSA) is 288 Å². The molecular weight excluding hydrogens is 793 g/mol. The van der Waals surface area contributed by atoms with Gasteiger partial charge in [0.2, 0.25) is 29.5 Å². The van der Waals surface area contributed by atoms with Gasteiger partial charge in [-0.1, -0.05) is 54.6 Å². The van der Waals surface area contributed by atoms with Gasteiger partial charge in [-0.3, -0.25) is 34.0 Å². The first-order valence-corrected chi connectivity index (χ1v) is 18.1. The first-order valence-electron chi connectivity index (χ1n) is 17.0. The molecule has 0 aliphatic rings. The summed E-state index contributed by atoms with van der Waals surface area (Å²) >= 11 is 2.16. The van der Waals surface area contributed by atoms with Crippen LogP contribution in [0.2, 0.25) is 0 Å². The summed E-state index contributed by atoms with van der Waals surface area (Å²) in [5, 5.41) is 12.8. The maximum atomic E-state index is 14.0. The van der Waals surface area contributed by atoms with E-state index in [1.807, 2.05) is 66.7 Å². The number of halogens is 1. The van der Waals surface area contributed by atoms with E-state index in [4.69, 9.17) is 28.7 Å². The molecule has 0 unspecified atom stereocenters. The number of nitrogens with one attached hydrogen (secondary N) is 4. The van der Waals surface area contributed by atoms with Gasteiger partial charge in [0.15, 0.2) is 11.9 Å². The van der Waals surface area contributed by atoms with Crippen LogP contribution >= 0.6 is 22.6 Å². The van der Waals surface area contributed by atoms with Crippen molar-refractivity contribution in [2.45, 2.75) is 69.6 Å². The van der Waals surface area contributed by atoms with E-state index >= 15 is 0 Å². The van der Waals surface area contributed by atoms with Gasteiger partial charge in [0.25, 0.3) is 0 Å². The van der Waals surface area contributed by atoms with Gasteiger partial charge in [-0.2, -0.15) is 0 Å². The van der Waals surface area contributed by atoms with Crippen LogP contribution < -0.4 is 49.9 Å². The van der Waals surface area contributed by atoms with Crippen molar-refractivity contribution in [1.29, 1.82) is 0 Å². The number of carbonyl (C=O) groups excluding carboxylic acids is 5. The molecule has 0 bridgehead atoms. The predicted molar refractivity (Wildman–Crippen MR) is 213 cm³/mol. The lowest BCUT2D eigenvalue weighted by molar-refractivity contribution is -0.134. The first kappa shape index (κ1) is 42.0. The van der Waals surface area contributed by atoms with E-state index in [-0.39, 0.29) is 57.1 Å². The number of guanidine groups is 2. The number of aliphatic imine (C=N–C) groups is 2. The van der Waals surface area contributed by atoms with Crippen LogP contribution in [-0.4, -0.2) is 78.7 Å². The number of fused-ring (bicyclic) bond motifs is 1. The van der Waals surface area contributed by atoms with Crippen molar-refractivity contribution in [2.24, 2.45) is 38.7 Å². The molecule has 284 valence electrons. The Balaban J connectivity index is 1.86. The van der Waals surface area contributed by atoms with Crippen molar-refractivity contribution in [2.75, 3.05) is 13.1 Å². The number of carbonyl (C=O) groups is 5. The monoisotopic (exact) mass is 841 g/mol. The summed E-state index contributed by atoms with van der Waals surface area (Å²) in [5.41, 5.74) is 29.0. The number of primary amides is 1. The number of nitrogens with zero attached hydrogens (tertiary/aromatic N) is 2. The van der Waals surface area contributed by atoms with E-state index in [1.165, 1.54) is 6.92 Å². The summed E-state index contributed by atoms with van der Waals surface area (Å²) in [7, 11) is 0. The molecular formula is C36H48IN11O5. The van der Waals surface area contributed by atoms with E-state index in [0.717, 1.165) is 25.5 Å². The zero-order chi connectivity index (χ0) is 38.9. The Morgan fingerprint density at radius 1 is 0.604 bits per heavy atom. The van der Waals surface area contributed by atoms with E-state index < -0.39 is 53.7 Å². The highest BCUT2D eigenvalue weighted by Gasteiger charge is 2.31. The molecule has 5 amide bonds. The van der Waals surface area contributed by atoms with Crippen LogP contribution in [0.4, 0.5) is 0 Å². The lowest BCUT2D eigenvalue weighted by atomic mass is 10.00. The van der Waals surface area contributed by atoms with Crippen LogP contribution in [0.25, 0.3) is 10.8 Å². The quantitative estimate of drug-likeness (QED) is 0.0314. The Labute approximate surface area is 321 Å². The maximum Gasteiger partial charge on any atom is 0.243 e. The number of benzene rings is 3. The van der Waals surface area contributed by atoms with Gasteiger partial charge in [-0.25, -0.2) is 0 Å². The average Bonchev–Trinajstić information content (AvgIpc) is 3.10. The standard InChI is InChI=1S/C36H48IN11O5/c1-21(49)45-27(8-4-16-43-35(39)40)32(51)46-28(9-5-17-44-36(41)42)33(52)48-30(19-22-11-14-26(37)15-12-22)34(53)47-29(31(38)50)20-23-10-13-24-6-2-3-7-25(24)18-23/h2-3,6-7,10-15,18,27-30H,4-5,8-9,16-17,19-20H2,1H3,(H2,38,50)(H,45,49)(H,46,51)(H,47,53)(H,48,52)(H4,39,40,43)(H4,41,42,44)/t27-,28-,29-,30+/m0/s1. The summed E-state index contributed by atoms with van der Waals surface area (Å²) in [6, 6.07) is 16.4. The van der Waals surface area contributed by atoms with Crippen molar-refractivity contribution in [3.05, 3.63) is 81.4 Å². The Bertz CT molecular complexity index is 1790. The van der Waals surface area contributed by atoms with Crippen molar-refractivity contribution in [3.8, 4) is 0 Å². The summed E-state index contributed by atoms with van der Waals surface area (Å²) < 4.78 is 0.969. The molecule has 14 N–H and O–H groups in total. The second-order valence-electron chi connectivity index (χ2n) is 12.5. The van der Waals surface area contributed by atoms with Crippen molar-refractivity contribution in [1.82, 2.24) is 21.3 Å². The van der Waals surface area contributed by atoms with Crippen LogP contribution in [-0.2, 0) is 36.8 Å². The molecule has 3 rings (SSSR count). The zero-order valence-electron chi connectivity index (χ0n) is 29.5. The van der Waals surface area contributed by atoms with E-state index in [0.29, 0.717) is 6.42 Å². The second kappa shape index (κ2) is 21.2. The molecule has 0 radical (unpaired) electrons. The van der Waals surface area contributed by atoms with Gasteiger partial charge < -0.3 is 49.9 Å². The van der Waals surface area contributed by atoms with Gasteiger partial charge in [0.1, 0.15) is 24.2 Å². The smallest absolute Gasteiger partial charge is 0.243 e. The fraction of sp³-hybridized carbons (Fsp3) is 0.361. The minimum absolute atomic E-state index is 0.0594. The average molecular weight is 842 g/mol. The highest BCUT2D eigenvalue weighted by Crippen LogP contribution is 2.17. The van der Waals surface area contributed by atoms with Gasteiger partial charge in [-0.15, -0.1) is 0 Å². The molecule has 0 aromatic heterocycles. The third-order valence-corrected chi connectivity index (χ3v) is 8.84. The highest BCUT2D eigenvalue weighted by atomic mass is 127. The summed E-state index contributed by atoms with van der Waals surface area (Å²) in [6.07, 6.45) is 1.08. The Morgan fingerprint density at radius 3 is 1.62 bits per heavy atom. The Kier molecular flexibility index (Phi) is 16.7. The third-order valence-electron chi connectivity index (χ3n) is 8.12. The molecule has 0 saturated heterocycles. The Morgan fingerprint density at radius 2 is 1.08 bits per heavy atom. The molecule has 0 aliphatic carbocycles. The third kappa shape index (κ3) is 15.0. The summed E-state index contributed by atoms with van der Waals surface area (Å²) in [4.78, 5) is 73.8. The molecule has 3 aromatic carbocycles. The van der Waals surface area contributed by atoms with Gasteiger partial charge in [0, 0.05) is 36.4 Å². The summed E-state index contributed by atoms with van der Waals surface area (Å²) in [6.45, 7) is 1.65. The molecule has 53 heavy (non-hydrogen) atoms. The first-order chi connectivity index (χ1) is 25.2. The fourth-order valence-electron chi connectivity index (χ4n) is 5.50. The molecule has 0 heterocycles.